The molecule has 0 N–H and O–H groups in total. The largest absolute Gasteiger partial charge is 0.463 e. The molecule has 3 aromatic carbocycles. The van der Waals surface area contributed by atoms with Crippen LogP contribution in [-0.4, -0.2) is 34.3 Å². The van der Waals surface area contributed by atoms with Gasteiger partial charge in [0.15, 0.2) is 4.80 Å². The first-order valence-electron chi connectivity index (χ1n) is 15.2. The van der Waals surface area contributed by atoms with Crippen LogP contribution in [0.5, 0.6) is 0 Å². The summed E-state index contributed by atoms with van der Waals surface area (Å²) < 4.78 is 14.8. The van der Waals surface area contributed by atoms with Gasteiger partial charge in [0.05, 0.1) is 40.6 Å². The van der Waals surface area contributed by atoms with Gasteiger partial charge in [0, 0.05) is 27.7 Å². The molecule has 0 spiro atoms. The van der Waals surface area contributed by atoms with Gasteiger partial charge in [-0.25, -0.2) is 14.6 Å². The van der Waals surface area contributed by atoms with Gasteiger partial charge < -0.3 is 14.0 Å². The molecule has 0 radical (unpaired) electrons. The monoisotopic (exact) mass is 665 g/mol. The molecule has 3 heterocycles. The predicted molar refractivity (Wildman–Crippen MR) is 184 cm³/mol. The van der Waals surface area contributed by atoms with Gasteiger partial charge in [0.25, 0.3) is 5.56 Å². The fraction of sp³-hybridized carbons (Fsp3) is 0.189. The highest BCUT2D eigenvalue weighted by Crippen LogP contribution is 2.35. The first-order valence-corrected chi connectivity index (χ1v) is 16.4. The predicted octanol–water partition coefficient (Wildman–Crippen LogP) is 6.17. The summed E-state index contributed by atoms with van der Waals surface area (Å²) in [7, 11) is 0. The van der Waals surface area contributed by atoms with Crippen molar-refractivity contribution in [2.45, 2.75) is 33.7 Å². The minimum atomic E-state index is -0.787. The van der Waals surface area contributed by atoms with Gasteiger partial charge in [-0.2, -0.15) is 0 Å². The van der Waals surface area contributed by atoms with Gasteiger partial charge >= 0.3 is 11.9 Å². The summed E-state index contributed by atoms with van der Waals surface area (Å²) in [5.74, 6) is -0.906. The molecule has 1 aliphatic heterocycles. The fourth-order valence-electron chi connectivity index (χ4n) is 5.83. The third-order valence-electron chi connectivity index (χ3n) is 7.95. The summed E-state index contributed by atoms with van der Waals surface area (Å²) >= 11 is 7.51. The summed E-state index contributed by atoms with van der Waals surface area (Å²) in [5, 5.41) is 0.539. The third kappa shape index (κ3) is 6.12. The Labute approximate surface area is 280 Å². The van der Waals surface area contributed by atoms with Crippen LogP contribution in [0.4, 0.5) is 0 Å². The Morgan fingerprint density at radius 2 is 1.57 bits per heavy atom. The van der Waals surface area contributed by atoms with Crippen molar-refractivity contribution in [3.05, 3.63) is 149 Å². The molecule has 1 aliphatic rings. The molecule has 0 amide bonds. The SMILES string of the molecule is CCOC(=O)C1=C(c2ccccc2)N=c2s/c(=C\c3cc(C)n(-c4ccc(C(=O)OCC)cc4)c3C)c(=O)n2[C@@H]1c1ccc(Cl)cc1. The second kappa shape index (κ2) is 13.4. The zero-order valence-electron chi connectivity index (χ0n) is 26.3. The van der Waals surface area contributed by atoms with Crippen molar-refractivity contribution in [1.82, 2.24) is 9.13 Å². The molecular weight excluding hydrogens is 634 g/mol. The molecule has 2 aromatic heterocycles. The van der Waals surface area contributed by atoms with Crippen molar-refractivity contribution in [2.75, 3.05) is 13.2 Å². The number of aryl methyl sites for hydroxylation is 1. The number of hydrogen-bond donors (Lipinski definition) is 0. The smallest absolute Gasteiger partial charge is 0.338 e. The summed E-state index contributed by atoms with van der Waals surface area (Å²) in [6.07, 6.45) is 1.87. The average molecular weight is 666 g/mol. The van der Waals surface area contributed by atoms with E-state index in [-0.39, 0.29) is 23.7 Å². The number of rotatable bonds is 8. The molecular formula is C37H32ClN3O5S. The van der Waals surface area contributed by atoms with E-state index < -0.39 is 12.0 Å². The van der Waals surface area contributed by atoms with E-state index in [1.807, 2.05) is 80.6 Å². The van der Waals surface area contributed by atoms with Crippen molar-refractivity contribution in [2.24, 2.45) is 4.99 Å². The van der Waals surface area contributed by atoms with Crippen molar-refractivity contribution in [1.29, 1.82) is 0 Å². The second-order valence-corrected chi connectivity index (χ2v) is 12.4. The van der Waals surface area contributed by atoms with Crippen LogP contribution >= 0.6 is 22.9 Å². The maximum atomic E-state index is 14.3. The highest BCUT2D eigenvalue weighted by molar-refractivity contribution is 7.07. The van der Waals surface area contributed by atoms with Crippen molar-refractivity contribution in [3.63, 3.8) is 0 Å². The lowest BCUT2D eigenvalue weighted by molar-refractivity contribution is -0.138. The van der Waals surface area contributed by atoms with E-state index in [1.165, 1.54) is 11.3 Å². The highest BCUT2D eigenvalue weighted by atomic mass is 35.5. The molecule has 0 bridgehead atoms. The Balaban J connectivity index is 1.52. The van der Waals surface area contributed by atoms with Gasteiger partial charge in [0.2, 0.25) is 0 Å². The summed E-state index contributed by atoms with van der Waals surface area (Å²) in [5.41, 5.74) is 6.01. The van der Waals surface area contributed by atoms with E-state index in [9.17, 15) is 14.4 Å². The quantitative estimate of drug-likeness (QED) is 0.185. The van der Waals surface area contributed by atoms with Crippen LogP contribution in [0.1, 0.15) is 58.3 Å². The molecule has 10 heteroatoms. The maximum absolute atomic E-state index is 14.3. The molecule has 1 atom stereocenters. The van der Waals surface area contributed by atoms with Gasteiger partial charge in [-0.3, -0.25) is 9.36 Å². The number of aromatic nitrogens is 2. The summed E-state index contributed by atoms with van der Waals surface area (Å²) in [6, 6.07) is 25.0. The summed E-state index contributed by atoms with van der Waals surface area (Å²) in [4.78, 5) is 45.5. The first-order chi connectivity index (χ1) is 22.7. The Bertz CT molecular complexity index is 2200. The van der Waals surface area contributed by atoms with Crippen LogP contribution < -0.4 is 14.9 Å². The van der Waals surface area contributed by atoms with Crippen LogP contribution in [-0.2, 0) is 14.3 Å². The number of carbonyl (C=O) groups is 2. The van der Waals surface area contributed by atoms with Crippen molar-refractivity contribution >= 4 is 46.6 Å². The number of halogens is 1. The molecule has 0 unspecified atom stereocenters. The summed E-state index contributed by atoms with van der Waals surface area (Å²) in [6.45, 7) is 7.98. The van der Waals surface area contributed by atoms with Crippen molar-refractivity contribution < 1.29 is 19.1 Å². The molecule has 47 heavy (non-hydrogen) atoms. The minimum Gasteiger partial charge on any atom is -0.463 e. The molecule has 0 aliphatic carbocycles. The lowest BCUT2D eigenvalue weighted by Crippen LogP contribution is -2.40. The van der Waals surface area contributed by atoms with Crippen LogP contribution in [0.15, 0.2) is 100 Å². The molecule has 0 saturated carbocycles. The number of nitrogens with zero attached hydrogens (tertiary/aromatic N) is 3. The Kier molecular flexibility index (Phi) is 9.11. The standard InChI is InChI=1S/C37H32ClN3O5S/c1-5-45-35(43)26-14-18-29(19-15-26)40-22(3)20-27(23(40)4)21-30-34(42)41-33(25-12-16-28(38)17-13-25)31(36(44)46-6-2)32(39-37(41)47-30)24-10-8-7-9-11-24/h7-21,33H,5-6H2,1-4H3/b30-21-/t33-/m1/s1. The minimum absolute atomic E-state index is 0.170. The lowest BCUT2D eigenvalue weighted by Gasteiger charge is -2.25. The Morgan fingerprint density at radius 3 is 2.23 bits per heavy atom. The number of esters is 2. The fourth-order valence-corrected chi connectivity index (χ4v) is 6.95. The molecule has 0 saturated heterocycles. The first kappa shape index (κ1) is 32.0. The Hall–Kier alpha value is -4.99. The number of benzene rings is 3. The number of hydrogen-bond acceptors (Lipinski definition) is 7. The van der Waals surface area contributed by atoms with Crippen LogP contribution in [0.3, 0.4) is 0 Å². The molecule has 238 valence electrons. The van der Waals surface area contributed by atoms with Crippen LogP contribution in [0.2, 0.25) is 5.02 Å². The van der Waals surface area contributed by atoms with Crippen molar-refractivity contribution in [3.8, 4) is 5.69 Å². The van der Waals surface area contributed by atoms with Gasteiger partial charge in [0.1, 0.15) is 0 Å². The van der Waals surface area contributed by atoms with E-state index in [0.717, 1.165) is 28.2 Å². The van der Waals surface area contributed by atoms with E-state index >= 15 is 0 Å². The van der Waals surface area contributed by atoms with Gasteiger partial charge in [-0.15, -0.1) is 0 Å². The third-order valence-corrected chi connectivity index (χ3v) is 9.19. The topological polar surface area (TPSA) is 91.9 Å². The Morgan fingerprint density at radius 1 is 0.915 bits per heavy atom. The molecule has 6 rings (SSSR count). The van der Waals surface area contributed by atoms with Crippen LogP contribution in [0.25, 0.3) is 17.5 Å². The van der Waals surface area contributed by atoms with Gasteiger partial charge in [-0.05, 0) is 87.4 Å². The zero-order chi connectivity index (χ0) is 33.2. The average Bonchev–Trinajstić information content (AvgIpc) is 3.54. The highest BCUT2D eigenvalue weighted by Gasteiger charge is 2.35. The zero-order valence-corrected chi connectivity index (χ0v) is 27.9. The van der Waals surface area contributed by atoms with Crippen LogP contribution in [0, 0.1) is 13.8 Å². The lowest BCUT2D eigenvalue weighted by atomic mass is 9.93. The second-order valence-electron chi connectivity index (χ2n) is 10.9. The normalized spacial score (nSPS) is 14.5. The van der Waals surface area contributed by atoms with E-state index in [0.29, 0.717) is 37.8 Å². The molecule has 0 fully saturated rings. The van der Waals surface area contributed by atoms with E-state index in [4.69, 9.17) is 26.1 Å². The number of thiazole rings is 1. The van der Waals surface area contributed by atoms with E-state index in [2.05, 4.69) is 4.57 Å². The van der Waals surface area contributed by atoms with E-state index in [1.54, 1.807) is 42.7 Å². The maximum Gasteiger partial charge on any atom is 0.338 e. The number of carbonyl (C=O) groups excluding carboxylic acids is 2. The molecule has 8 nitrogen and oxygen atoms in total. The molecule has 5 aromatic rings. The number of ether oxygens (including phenoxy) is 2. The van der Waals surface area contributed by atoms with Gasteiger partial charge in [-0.1, -0.05) is 65.4 Å². The number of fused-ring (bicyclic) bond motifs is 1.